The number of halogens is 1. The van der Waals surface area contributed by atoms with Crippen LogP contribution in [0.2, 0.25) is 5.02 Å². The number of methoxy groups -OCH3 is 1. The fourth-order valence-corrected chi connectivity index (χ4v) is 4.24. The maximum Gasteiger partial charge on any atom is 0.257 e. The second kappa shape index (κ2) is 8.41. The molecule has 1 atom stereocenters. The number of hydrogen-bond donors (Lipinski definition) is 1. The number of aromatic nitrogens is 2. The molecular weight excluding hydrogens is 424 g/mol. The minimum Gasteiger partial charge on any atom is -0.497 e. The summed E-state index contributed by atoms with van der Waals surface area (Å²) in [6, 6.07) is 12.4. The van der Waals surface area contributed by atoms with Crippen molar-refractivity contribution in [1.29, 1.82) is 0 Å². The van der Waals surface area contributed by atoms with Crippen molar-refractivity contribution in [2.24, 2.45) is 0 Å². The standard InChI is InChI=1S/C21H19ClN4O3S/c1-12-3-6-15(10-17(12)22)26-11-14(9-18(26)27)20-24-25-21(30-20)23-19(28)13-4-7-16(29-2)8-5-13/h3-8,10,14H,9,11H2,1-2H3,(H,23,25,28)/t14-/m0/s1. The highest BCUT2D eigenvalue weighted by molar-refractivity contribution is 7.15. The van der Waals surface area contributed by atoms with Crippen LogP contribution in [0.5, 0.6) is 5.75 Å². The lowest BCUT2D eigenvalue weighted by atomic mass is 10.1. The second-order valence-corrected chi connectivity index (χ2v) is 8.38. The van der Waals surface area contributed by atoms with E-state index in [2.05, 4.69) is 15.5 Å². The first-order valence-electron chi connectivity index (χ1n) is 9.30. The first kappa shape index (κ1) is 20.3. The maximum atomic E-state index is 12.5. The number of anilines is 2. The van der Waals surface area contributed by atoms with Gasteiger partial charge in [0.1, 0.15) is 10.8 Å². The van der Waals surface area contributed by atoms with E-state index >= 15 is 0 Å². The molecule has 0 bridgehead atoms. The Bertz CT molecular complexity index is 1100. The largest absolute Gasteiger partial charge is 0.497 e. The third-order valence-corrected chi connectivity index (χ3v) is 6.36. The van der Waals surface area contributed by atoms with Crippen molar-refractivity contribution in [2.75, 3.05) is 23.9 Å². The van der Waals surface area contributed by atoms with Crippen LogP contribution in [0.25, 0.3) is 0 Å². The summed E-state index contributed by atoms with van der Waals surface area (Å²) in [5.41, 5.74) is 2.23. The van der Waals surface area contributed by atoms with Gasteiger partial charge in [-0.15, -0.1) is 10.2 Å². The lowest BCUT2D eigenvalue weighted by Gasteiger charge is -2.17. The number of rotatable bonds is 5. The van der Waals surface area contributed by atoms with Gasteiger partial charge in [-0.3, -0.25) is 14.9 Å². The third-order valence-electron chi connectivity index (χ3n) is 4.95. The van der Waals surface area contributed by atoms with Crippen molar-refractivity contribution in [3.63, 3.8) is 0 Å². The van der Waals surface area contributed by atoms with Gasteiger partial charge in [-0.25, -0.2) is 0 Å². The van der Waals surface area contributed by atoms with E-state index in [4.69, 9.17) is 16.3 Å². The van der Waals surface area contributed by atoms with Crippen LogP contribution in [0.1, 0.15) is 33.3 Å². The molecule has 0 spiro atoms. The summed E-state index contributed by atoms with van der Waals surface area (Å²) in [5, 5.41) is 12.8. The SMILES string of the molecule is COc1ccc(C(=O)Nc2nnc([C@H]3CC(=O)N(c4ccc(C)c(Cl)c4)C3)s2)cc1. The minimum atomic E-state index is -0.279. The summed E-state index contributed by atoms with van der Waals surface area (Å²) < 4.78 is 5.10. The highest BCUT2D eigenvalue weighted by Gasteiger charge is 2.34. The molecule has 1 aliphatic heterocycles. The van der Waals surface area contributed by atoms with Gasteiger partial charge in [0, 0.05) is 35.2 Å². The fourth-order valence-electron chi connectivity index (χ4n) is 3.23. The molecule has 0 aliphatic carbocycles. The molecule has 1 saturated heterocycles. The van der Waals surface area contributed by atoms with Gasteiger partial charge in [-0.05, 0) is 48.9 Å². The van der Waals surface area contributed by atoms with E-state index in [9.17, 15) is 9.59 Å². The molecule has 1 aliphatic rings. The van der Waals surface area contributed by atoms with Crippen LogP contribution in [0.15, 0.2) is 42.5 Å². The molecule has 9 heteroatoms. The van der Waals surface area contributed by atoms with Crippen molar-refractivity contribution >= 4 is 45.6 Å². The molecule has 2 heterocycles. The van der Waals surface area contributed by atoms with Gasteiger partial charge in [0.15, 0.2) is 0 Å². The van der Waals surface area contributed by atoms with E-state index < -0.39 is 0 Å². The average Bonchev–Trinajstić information content (AvgIpc) is 3.36. The third kappa shape index (κ3) is 4.15. The summed E-state index contributed by atoms with van der Waals surface area (Å²) in [5.74, 6) is 0.328. The highest BCUT2D eigenvalue weighted by atomic mass is 35.5. The zero-order valence-corrected chi connectivity index (χ0v) is 18.0. The van der Waals surface area contributed by atoms with E-state index in [-0.39, 0.29) is 17.7 Å². The number of nitrogens with zero attached hydrogens (tertiary/aromatic N) is 3. The molecule has 1 aromatic heterocycles. The first-order chi connectivity index (χ1) is 14.4. The predicted octanol–water partition coefficient (Wildman–Crippen LogP) is 4.28. The van der Waals surface area contributed by atoms with Crippen molar-refractivity contribution in [3.8, 4) is 5.75 Å². The highest BCUT2D eigenvalue weighted by Crippen LogP contribution is 2.35. The predicted molar refractivity (Wildman–Crippen MR) is 117 cm³/mol. The number of hydrogen-bond acceptors (Lipinski definition) is 6. The van der Waals surface area contributed by atoms with Gasteiger partial charge < -0.3 is 9.64 Å². The van der Waals surface area contributed by atoms with Gasteiger partial charge in [0.25, 0.3) is 5.91 Å². The molecule has 1 N–H and O–H groups in total. The van der Waals surface area contributed by atoms with Crippen molar-refractivity contribution in [1.82, 2.24) is 10.2 Å². The Hall–Kier alpha value is -2.97. The Balaban J connectivity index is 1.44. The van der Waals surface area contributed by atoms with E-state index in [0.29, 0.717) is 39.4 Å². The normalized spacial score (nSPS) is 16.0. The quantitative estimate of drug-likeness (QED) is 0.637. The first-order valence-corrected chi connectivity index (χ1v) is 10.5. The van der Waals surface area contributed by atoms with Crippen LogP contribution in [-0.4, -0.2) is 35.7 Å². The van der Waals surface area contributed by atoms with E-state index in [1.54, 1.807) is 42.3 Å². The Kier molecular flexibility index (Phi) is 5.69. The average molecular weight is 443 g/mol. The van der Waals surface area contributed by atoms with Crippen LogP contribution in [0.4, 0.5) is 10.8 Å². The van der Waals surface area contributed by atoms with Crippen molar-refractivity contribution < 1.29 is 14.3 Å². The number of amides is 2. The van der Waals surface area contributed by atoms with Crippen LogP contribution in [0, 0.1) is 6.92 Å². The van der Waals surface area contributed by atoms with Gasteiger partial charge in [-0.1, -0.05) is 29.0 Å². The number of benzene rings is 2. The lowest BCUT2D eigenvalue weighted by Crippen LogP contribution is -2.24. The monoisotopic (exact) mass is 442 g/mol. The number of carbonyl (C=O) groups excluding carboxylic acids is 2. The van der Waals surface area contributed by atoms with Crippen LogP contribution in [0.3, 0.4) is 0 Å². The van der Waals surface area contributed by atoms with Crippen LogP contribution >= 0.6 is 22.9 Å². The zero-order chi connectivity index (χ0) is 21.3. The van der Waals surface area contributed by atoms with Crippen molar-refractivity contribution in [2.45, 2.75) is 19.3 Å². The fraction of sp³-hybridized carbons (Fsp3) is 0.238. The van der Waals surface area contributed by atoms with Crippen molar-refractivity contribution in [3.05, 3.63) is 63.6 Å². The Morgan fingerprint density at radius 1 is 1.23 bits per heavy atom. The molecule has 154 valence electrons. The second-order valence-electron chi connectivity index (χ2n) is 6.97. The lowest BCUT2D eigenvalue weighted by molar-refractivity contribution is -0.117. The zero-order valence-electron chi connectivity index (χ0n) is 16.4. The van der Waals surface area contributed by atoms with Gasteiger partial charge in [0.05, 0.1) is 7.11 Å². The van der Waals surface area contributed by atoms with Crippen LogP contribution in [-0.2, 0) is 4.79 Å². The number of carbonyl (C=O) groups is 2. The Morgan fingerprint density at radius 2 is 2.00 bits per heavy atom. The number of nitrogens with one attached hydrogen (secondary N) is 1. The summed E-state index contributed by atoms with van der Waals surface area (Å²) >= 11 is 7.49. The van der Waals surface area contributed by atoms with E-state index in [1.165, 1.54) is 11.3 Å². The smallest absolute Gasteiger partial charge is 0.257 e. The summed E-state index contributed by atoms with van der Waals surface area (Å²) in [4.78, 5) is 26.7. The molecule has 3 aromatic rings. The van der Waals surface area contributed by atoms with Gasteiger partial charge in [0.2, 0.25) is 11.0 Å². The van der Waals surface area contributed by atoms with Gasteiger partial charge in [-0.2, -0.15) is 0 Å². The van der Waals surface area contributed by atoms with Crippen LogP contribution < -0.4 is 15.0 Å². The molecule has 30 heavy (non-hydrogen) atoms. The molecule has 7 nitrogen and oxygen atoms in total. The Morgan fingerprint density at radius 3 is 2.70 bits per heavy atom. The minimum absolute atomic E-state index is 0.0129. The van der Waals surface area contributed by atoms with Gasteiger partial charge >= 0.3 is 0 Å². The molecular formula is C21H19ClN4O3S. The van der Waals surface area contributed by atoms with E-state index in [0.717, 1.165) is 11.3 Å². The molecule has 0 unspecified atom stereocenters. The molecule has 1 fully saturated rings. The molecule has 0 saturated carbocycles. The molecule has 0 radical (unpaired) electrons. The topological polar surface area (TPSA) is 84.4 Å². The maximum absolute atomic E-state index is 12.5. The number of ether oxygens (including phenoxy) is 1. The van der Waals surface area contributed by atoms with E-state index in [1.807, 2.05) is 19.1 Å². The molecule has 2 aromatic carbocycles. The molecule has 4 rings (SSSR count). The summed E-state index contributed by atoms with van der Waals surface area (Å²) in [6.45, 7) is 2.42. The Labute approximate surface area is 182 Å². The summed E-state index contributed by atoms with van der Waals surface area (Å²) in [7, 11) is 1.57. The number of aryl methyl sites for hydroxylation is 1. The summed E-state index contributed by atoms with van der Waals surface area (Å²) in [6.07, 6.45) is 0.340. The molecule has 2 amide bonds.